The van der Waals surface area contributed by atoms with Gasteiger partial charge in [-0.15, -0.1) is 11.3 Å². The molecule has 0 aliphatic carbocycles. The van der Waals surface area contributed by atoms with Crippen LogP contribution < -0.4 is 5.32 Å². The highest BCUT2D eigenvalue weighted by Crippen LogP contribution is 2.25. The third-order valence-corrected chi connectivity index (χ3v) is 4.58. The van der Waals surface area contributed by atoms with Crippen molar-refractivity contribution in [1.29, 1.82) is 0 Å². The first-order chi connectivity index (χ1) is 10.1. The molecule has 0 saturated carbocycles. The average molecular weight is 343 g/mol. The summed E-state index contributed by atoms with van der Waals surface area (Å²) in [7, 11) is 0. The van der Waals surface area contributed by atoms with Crippen LogP contribution in [0.4, 0.5) is 5.69 Å². The second-order valence-corrected chi connectivity index (χ2v) is 6.41. The number of carbonyl (C=O) groups is 1. The Labute approximate surface area is 138 Å². The molecule has 0 fully saturated rings. The van der Waals surface area contributed by atoms with E-state index in [1.165, 1.54) is 4.88 Å². The Morgan fingerprint density at radius 3 is 2.71 bits per heavy atom. The van der Waals surface area contributed by atoms with Crippen molar-refractivity contribution in [3.63, 3.8) is 0 Å². The van der Waals surface area contributed by atoms with Gasteiger partial charge in [-0.1, -0.05) is 36.2 Å². The number of rotatable bonds is 6. The van der Waals surface area contributed by atoms with Crippen molar-refractivity contribution < 1.29 is 4.79 Å². The van der Waals surface area contributed by atoms with Crippen molar-refractivity contribution in [2.75, 3.05) is 18.4 Å². The average Bonchev–Trinajstić information content (AvgIpc) is 2.95. The van der Waals surface area contributed by atoms with Crippen LogP contribution in [0, 0.1) is 0 Å². The van der Waals surface area contributed by atoms with E-state index >= 15 is 0 Å². The first-order valence-corrected chi connectivity index (χ1v) is 8.21. The van der Waals surface area contributed by atoms with Crippen LogP contribution in [0.3, 0.4) is 0 Å². The van der Waals surface area contributed by atoms with E-state index in [9.17, 15) is 4.79 Å². The van der Waals surface area contributed by atoms with Crippen LogP contribution >= 0.6 is 34.5 Å². The highest BCUT2D eigenvalue weighted by Gasteiger charge is 2.11. The van der Waals surface area contributed by atoms with E-state index in [2.05, 4.69) is 16.3 Å². The van der Waals surface area contributed by atoms with Crippen molar-refractivity contribution in [2.45, 2.75) is 13.5 Å². The molecule has 6 heteroatoms. The summed E-state index contributed by atoms with van der Waals surface area (Å²) in [5, 5.41) is 5.78. The second kappa shape index (κ2) is 7.80. The van der Waals surface area contributed by atoms with Crippen molar-refractivity contribution in [3.05, 3.63) is 50.6 Å². The van der Waals surface area contributed by atoms with Crippen LogP contribution in [0.1, 0.15) is 11.8 Å². The van der Waals surface area contributed by atoms with Gasteiger partial charge in [0.2, 0.25) is 5.91 Å². The number of amides is 1. The van der Waals surface area contributed by atoms with Gasteiger partial charge in [-0.05, 0) is 36.2 Å². The van der Waals surface area contributed by atoms with Crippen LogP contribution in [-0.4, -0.2) is 23.9 Å². The predicted molar refractivity (Wildman–Crippen MR) is 90.4 cm³/mol. The molecule has 1 aromatic carbocycles. The molecule has 2 aromatic rings. The smallest absolute Gasteiger partial charge is 0.238 e. The first kappa shape index (κ1) is 16.3. The van der Waals surface area contributed by atoms with E-state index in [4.69, 9.17) is 23.2 Å². The Hall–Kier alpha value is -1.07. The molecule has 3 nitrogen and oxygen atoms in total. The van der Waals surface area contributed by atoms with Gasteiger partial charge in [-0.2, -0.15) is 0 Å². The summed E-state index contributed by atoms with van der Waals surface area (Å²) < 4.78 is 0. The summed E-state index contributed by atoms with van der Waals surface area (Å²) in [6.07, 6.45) is 0. The largest absolute Gasteiger partial charge is 0.325 e. The molecule has 112 valence electrons. The molecule has 1 N–H and O–H groups in total. The number of nitrogens with zero attached hydrogens (tertiary/aromatic N) is 1. The van der Waals surface area contributed by atoms with Gasteiger partial charge in [0, 0.05) is 17.1 Å². The van der Waals surface area contributed by atoms with Crippen LogP contribution in [0.2, 0.25) is 10.0 Å². The Bertz CT molecular complexity index is 602. The van der Waals surface area contributed by atoms with Gasteiger partial charge in [-0.25, -0.2) is 0 Å². The lowest BCUT2D eigenvalue weighted by Crippen LogP contribution is -2.32. The van der Waals surface area contributed by atoms with Gasteiger partial charge in [0.05, 0.1) is 16.6 Å². The number of thiophene rings is 1. The molecule has 1 amide bonds. The Morgan fingerprint density at radius 2 is 2.10 bits per heavy atom. The highest BCUT2D eigenvalue weighted by molar-refractivity contribution is 7.09. The van der Waals surface area contributed by atoms with Gasteiger partial charge in [0.15, 0.2) is 0 Å². The number of carbonyl (C=O) groups excluding carboxylic acids is 1. The van der Waals surface area contributed by atoms with E-state index in [1.807, 2.05) is 18.4 Å². The molecule has 2 rings (SSSR count). The minimum absolute atomic E-state index is 0.0632. The molecule has 1 aromatic heterocycles. The van der Waals surface area contributed by atoms with Gasteiger partial charge >= 0.3 is 0 Å². The number of likely N-dealkylation sites (N-methyl/N-ethyl adjacent to an activating group) is 1. The van der Waals surface area contributed by atoms with Gasteiger partial charge in [0.25, 0.3) is 0 Å². The summed E-state index contributed by atoms with van der Waals surface area (Å²) >= 11 is 13.5. The summed E-state index contributed by atoms with van der Waals surface area (Å²) in [5.41, 5.74) is 0.654. The normalized spacial score (nSPS) is 10.9. The zero-order valence-electron chi connectivity index (χ0n) is 11.6. The lowest BCUT2D eigenvalue weighted by molar-refractivity contribution is -0.117. The summed E-state index contributed by atoms with van der Waals surface area (Å²) in [4.78, 5) is 15.4. The maximum atomic E-state index is 12.1. The molecule has 21 heavy (non-hydrogen) atoms. The third-order valence-electron chi connectivity index (χ3n) is 2.98. The minimum Gasteiger partial charge on any atom is -0.325 e. The summed E-state index contributed by atoms with van der Waals surface area (Å²) in [5.74, 6) is -0.0632. The van der Waals surface area contributed by atoms with Gasteiger partial charge < -0.3 is 5.32 Å². The maximum absolute atomic E-state index is 12.1. The first-order valence-electron chi connectivity index (χ1n) is 6.58. The fourth-order valence-corrected chi connectivity index (χ4v) is 2.92. The van der Waals surface area contributed by atoms with Crippen molar-refractivity contribution in [3.8, 4) is 0 Å². The van der Waals surface area contributed by atoms with Crippen molar-refractivity contribution >= 4 is 46.1 Å². The Morgan fingerprint density at radius 1 is 1.29 bits per heavy atom. The Balaban J connectivity index is 1.91. The lowest BCUT2D eigenvalue weighted by Gasteiger charge is -2.19. The standard InChI is InChI=1S/C15H16Cl2N2OS/c1-2-19(9-12-4-3-7-21-12)10-15(20)18-11-5-6-13(16)14(17)8-11/h3-8H,2,9-10H2,1H3,(H,18,20). The third kappa shape index (κ3) is 5.00. The number of hydrogen-bond donors (Lipinski definition) is 1. The van der Waals surface area contributed by atoms with Gasteiger partial charge in [-0.3, -0.25) is 9.69 Å². The lowest BCUT2D eigenvalue weighted by atomic mass is 10.3. The van der Waals surface area contributed by atoms with Gasteiger partial charge in [0.1, 0.15) is 0 Å². The fraction of sp³-hybridized carbons (Fsp3) is 0.267. The minimum atomic E-state index is -0.0632. The van der Waals surface area contributed by atoms with E-state index in [0.717, 1.165) is 13.1 Å². The number of hydrogen-bond acceptors (Lipinski definition) is 3. The molecule has 0 saturated heterocycles. The van der Waals surface area contributed by atoms with E-state index in [1.54, 1.807) is 29.5 Å². The van der Waals surface area contributed by atoms with E-state index < -0.39 is 0 Å². The molecule has 0 aliphatic heterocycles. The molecule has 0 spiro atoms. The van der Waals surface area contributed by atoms with E-state index in [-0.39, 0.29) is 5.91 Å². The number of halogens is 2. The van der Waals surface area contributed by atoms with Crippen molar-refractivity contribution in [1.82, 2.24) is 4.90 Å². The van der Waals surface area contributed by atoms with Crippen LogP contribution in [-0.2, 0) is 11.3 Å². The summed E-state index contributed by atoms with van der Waals surface area (Å²) in [6.45, 7) is 3.98. The SMILES string of the molecule is CCN(CC(=O)Nc1ccc(Cl)c(Cl)c1)Cc1cccs1. The molecular formula is C15H16Cl2N2OS. The molecule has 0 radical (unpaired) electrons. The fourth-order valence-electron chi connectivity index (χ4n) is 1.88. The van der Waals surface area contributed by atoms with Crippen LogP contribution in [0.15, 0.2) is 35.7 Å². The predicted octanol–water partition coefficient (Wildman–Crippen LogP) is 4.52. The maximum Gasteiger partial charge on any atom is 0.238 e. The molecule has 1 heterocycles. The molecular weight excluding hydrogens is 327 g/mol. The molecule has 0 aliphatic rings. The second-order valence-electron chi connectivity index (χ2n) is 4.56. The number of benzene rings is 1. The molecule has 0 atom stereocenters. The number of nitrogens with one attached hydrogen (secondary N) is 1. The Kier molecular flexibility index (Phi) is 6.06. The summed E-state index contributed by atoms with van der Waals surface area (Å²) in [6, 6.07) is 9.15. The molecule has 0 bridgehead atoms. The zero-order valence-corrected chi connectivity index (χ0v) is 13.9. The number of anilines is 1. The van der Waals surface area contributed by atoms with Crippen LogP contribution in [0.5, 0.6) is 0 Å². The van der Waals surface area contributed by atoms with E-state index in [0.29, 0.717) is 22.3 Å². The zero-order chi connectivity index (χ0) is 15.2. The molecule has 0 unspecified atom stereocenters. The quantitative estimate of drug-likeness (QED) is 0.837. The van der Waals surface area contributed by atoms with Crippen molar-refractivity contribution in [2.24, 2.45) is 0 Å². The monoisotopic (exact) mass is 342 g/mol. The topological polar surface area (TPSA) is 32.3 Å². The van der Waals surface area contributed by atoms with Crippen LogP contribution in [0.25, 0.3) is 0 Å². The highest BCUT2D eigenvalue weighted by atomic mass is 35.5.